The van der Waals surface area contributed by atoms with E-state index >= 15 is 0 Å². The Kier molecular flexibility index (Phi) is 10.4. The van der Waals surface area contributed by atoms with Crippen molar-refractivity contribution in [2.45, 2.75) is 32.0 Å². The van der Waals surface area contributed by atoms with Gasteiger partial charge in [0.25, 0.3) is 0 Å². The van der Waals surface area contributed by atoms with E-state index in [2.05, 4.69) is 20.3 Å². The third-order valence-corrected chi connectivity index (χ3v) is 5.91. The summed E-state index contributed by atoms with van der Waals surface area (Å²) in [4.78, 5) is 46.8. The van der Waals surface area contributed by atoms with Crippen LogP contribution in [0.1, 0.15) is 18.9 Å². The molecule has 0 saturated carbocycles. The number of aromatic nitrogens is 1. The Morgan fingerprint density at radius 3 is 2.51 bits per heavy atom. The standard InChI is InChI=1S/C24H27F2N4O8P/c1-15(31)30(28-12-18-7-4-8-21(25)23(18)26)19(10-20(32)14-38-39(34,35)36)13-37-24(33)29-22-9-16-5-2-3-6-17(16)11-27-22/h2-9,11,19-20,28,32H,10,12-14H2,1H3,(H,27,29,33)(H2,34,35,36)/t19-,20-/m0/s1. The molecule has 0 spiro atoms. The average molecular weight is 568 g/mol. The maximum atomic E-state index is 14.1. The number of phosphoric ester groups is 1. The number of nitrogens with one attached hydrogen (secondary N) is 2. The van der Waals surface area contributed by atoms with Crippen LogP contribution in [0.4, 0.5) is 19.4 Å². The van der Waals surface area contributed by atoms with Crippen molar-refractivity contribution >= 4 is 36.4 Å². The molecule has 0 saturated heterocycles. The van der Waals surface area contributed by atoms with Crippen molar-refractivity contribution in [1.82, 2.24) is 15.4 Å². The first kappa shape index (κ1) is 30.0. The normalized spacial score (nSPS) is 13.1. The summed E-state index contributed by atoms with van der Waals surface area (Å²) in [7, 11) is -4.89. The molecule has 15 heteroatoms. The number of hydrogen-bond donors (Lipinski definition) is 5. The summed E-state index contributed by atoms with van der Waals surface area (Å²) >= 11 is 0. The van der Waals surface area contributed by atoms with Crippen molar-refractivity contribution in [2.24, 2.45) is 0 Å². The van der Waals surface area contributed by atoms with Gasteiger partial charge < -0.3 is 19.6 Å². The van der Waals surface area contributed by atoms with E-state index in [-0.39, 0.29) is 24.3 Å². The number of carbonyl (C=O) groups excluding carboxylic acids is 2. The number of halogens is 2. The molecule has 1 heterocycles. The van der Waals surface area contributed by atoms with Crippen LogP contribution in [-0.2, 0) is 25.2 Å². The van der Waals surface area contributed by atoms with Crippen LogP contribution in [0.3, 0.4) is 0 Å². The molecule has 12 nitrogen and oxygen atoms in total. The number of hydrogen-bond acceptors (Lipinski definition) is 8. The smallest absolute Gasteiger partial charge is 0.447 e. The summed E-state index contributed by atoms with van der Waals surface area (Å²) in [6.07, 6.45) is -1.27. The fourth-order valence-corrected chi connectivity index (χ4v) is 4.00. The molecule has 2 aromatic carbocycles. The lowest BCUT2D eigenvalue weighted by molar-refractivity contribution is -0.137. The Morgan fingerprint density at radius 2 is 1.82 bits per heavy atom. The largest absolute Gasteiger partial charge is 0.469 e. The van der Waals surface area contributed by atoms with E-state index < -0.39 is 56.8 Å². The first-order valence-corrected chi connectivity index (χ1v) is 13.1. The van der Waals surface area contributed by atoms with Gasteiger partial charge in [0.15, 0.2) is 11.6 Å². The molecule has 0 unspecified atom stereocenters. The minimum Gasteiger partial charge on any atom is -0.447 e. The van der Waals surface area contributed by atoms with Gasteiger partial charge >= 0.3 is 13.9 Å². The number of pyridine rings is 1. The fraction of sp³-hybridized carbons (Fsp3) is 0.292. The van der Waals surface area contributed by atoms with Crippen LogP contribution in [0, 0.1) is 11.6 Å². The first-order valence-electron chi connectivity index (χ1n) is 11.6. The second-order valence-electron chi connectivity index (χ2n) is 8.41. The summed E-state index contributed by atoms with van der Waals surface area (Å²) in [6.45, 7) is -0.510. The van der Waals surface area contributed by atoms with Crippen LogP contribution in [0.5, 0.6) is 0 Å². The highest BCUT2D eigenvalue weighted by Gasteiger charge is 2.28. The zero-order chi connectivity index (χ0) is 28.6. The van der Waals surface area contributed by atoms with Crippen LogP contribution in [0.2, 0.25) is 0 Å². The lowest BCUT2D eigenvalue weighted by atomic mass is 10.1. The van der Waals surface area contributed by atoms with Gasteiger partial charge in [0, 0.05) is 37.0 Å². The van der Waals surface area contributed by atoms with Gasteiger partial charge in [-0.3, -0.25) is 19.6 Å². The van der Waals surface area contributed by atoms with Gasteiger partial charge in [-0.1, -0.05) is 36.4 Å². The van der Waals surface area contributed by atoms with Crippen LogP contribution < -0.4 is 10.7 Å². The number of rotatable bonds is 12. The second kappa shape index (κ2) is 13.5. The van der Waals surface area contributed by atoms with Gasteiger partial charge in [0.1, 0.15) is 12.4 Å². The molecule has 2 atom stereocenters. The number of fused-ring (bicyclic) bond motifs is 1. The van der Waals surface area contributed by atoms with Crippen molar-refractivity contribution < 1.29 is 47.1 Å². The van der Waals surface area contributed by atoms with Gasteiger partial charge in [0.05, 0.1) is 18.8 Å². The third kappa shape index (κ3) is 9.32. The van der Waals surface area contributed by atoms with Gasteiger partial charge in [-0.2, -0.15) is 0 Å². The monoisotopic (exact) mass is 568 g/mol. The van der Waals surface area contributed by atoms with Crippen molar-refractivity contribution in [3.63, 3.8) is 0 Å². The summed E-state index contributed by atoms with van der Waals surface area (Å²) in [5.41, 5.74) is 2.52. The van der Waals surface area contributed by atoms with Crippen LogP contribution in [0.25, 0.3) is 10.8 Å². The fourth-order valence-electron chi connectivity index (χ4n) is 3.63. The number of amides is 2. The van der Waals surface area contributed by atoms with E-state index in [4.69, 9.17) is 14.5 Å². The SMILES string of the molecule is CC(=O)N(NCc1cccc(F)c1F)[C@H](COC(=O)Nc1cc2ccccc2cn1)C[C@H](O)COP(=O)(O)O. The van der Waals surface area contributed by atoms with Gasteiger partial charge in [-0.25, -0.2) is 28.6 Å². The molecular formula is C24H27F2N4O8P. The highest BCUT2D eigenvalue weighted by molar-refractivity contribution is 7.46. The van der Waals surface area contributed by atoms with Crippen molar-refractivity contribution in [3.05, 3.63) is 71.9 Å². The molecule has 1 aromatic heterocycles. The van der Waals surface area contributed by atoms with E-state index in [1.54, 1.807) is 12.3 Å². The summed E-state index contributed by atoms with van der Waals surface area (Å²) in [5.74, 6) is -2.67. The molecule has 0 aliphatic carbocycles. The number of aliphatic hydroxyl groups excluding tert-OH is 1. The number of phosphoric acid groups is 1. The van der Waals surface area contributed by atoms with Crippen molar-refractivity contribution in [3.8, 4) is 0 Å². The number of hydrazine groups is 1. The van der Waals surface area contributed by atoms with E-state index in [0.29, 0.717) is 0 Å². The molecule has 0 fully saturated rings. The number of anilines is 1. The molecule has 0 bridgehead atoms. The van der Waals surface area contributed by atoms with Crippen LogP contribution in [0.15, 0.2) is 54.7 Å². The Labute approximate surface area is 221 Å². The number of carbonyl (C=O) groups is 2. The number of ether oxygens (including phenoxy) is 1. The van der Waals surface area contributed by atoms with E-state index in [1.165, 1.54) is 12.1 Å². The number of nitrogens with zero attached hydrogens (tertiary/aromatic N) is 2. The first-order chi connectivity index (χ1) is 18.4. The second-order valence-corrected chi connectivity index (χ2v) is 9.65. The molecule has 0 aliphatic heterocycles. The molecule has 39 heavy (non-hydrogen) atoms. The van der Waals surface area contributed by atoms with E-state index in [0.717, 1.165) is 28.8 Å². The Hall–Kier alpha value is -3.52. The lowest BCUT2D eigenvalue weighted by Gasteiger charge is -2.32. The molecule has 0 radical (unpaired) electrons. The molecule has 3 rings (SSSR count). The molecule has 2 amide bonds. The average Bonchev–Trinajstić information content (AvgIpc) is 2.87. The Balaban J connectivity index is 1.71. The highest BCUT2D eigenvalue weighted by atomic mass is 31.2. The summed E-state index contributed by atoms with van der Waals surface area (Å²) < 4.78 is 48.2. The van der Waals surface area contributed by atoms with E-state index in [9.17, 15) is 28.0 Å². The number of benzene rings is 2. The topological polar surface area (TPSA) is 171 Å². The zero-order valence-electron chi connectivity index (χ0n) is 20.7. The minimum absolute atomic E-state index is 0.105. The van der Waals surface area contributed by atoms with E-state index in [1.807, 2.05) is 24.3 Å². The molecule has 3 aromatic rings. The highest BCUT2D eigenvalue weighted by Crippen LogP contribution is 2.36. The molecule has 0 aliphatic rings. The Bertz CT molecular complexity index is 1360. The van der Waals surface area contributed by atoms with Gasteiger partial charge in [0.2, 0.25) is 5.91 Å². The maximum absolute atomic E-state index is 14.1. The van der Waals surface area contributed by atoms with Crippen molar-refractivity contribution in [2.75, 3.05) is 18.5 Å². The zero-order valence-corrected chi connectivity index (χ0v) is 21.6. The van der Waals surface area contributed by atoms with Gasteiger partial charge in [-0.05, 0) is 17.5 Å². The van der Waals surface area contributed by atoms with Crippen LogP contribution >= 0.6 is 7.82 Å². The van der Waals surface area contributed by atoms with Crippen LogP contribution in [-0.4, -0.2) is 62.2 Å². The molecular weight excluding hydrogens is 541 g/mol. The summed E-state index contributed by atoms with van der Waals surface area (Å²) in [5, 5.41) is 15.3. The minimum atomic E-state index is -4.89. The predicted octanol–water partition coefficient (Wildman–Crippen LogP) is 2.84. The quantitative estimate of drug-likeness (QED) is 0.162. The maximum Gasteiger partial charge on any atom is 0.469 e. The lowest BCUT2D eigenvalue weighted by Crippen LogP contribution is -2.52. The third-order valence-electron chi connectivity index (χ3n) is 5.42. The van der Waals surface area contributed by atoms with Gasteiger partial charge in [-0.15, -0.1) is 0 Å². The predicted molar refractivity (Wildman–Crippen MR) is 135 cm³/mol. The Morgan fingerprint density at radius 1 is 1.10 bits per heavy atom. The summed E-state index contributed by atoms with van der Waals surface area (Å²) in [6, 6.07) is 11.3. The molecule has 210 valence electrons. The molecule has 5 N–H and O–H groups in total. The number of aliphatic hydroxyl groups is 1. The van der Waals surface area contributed by atoms with Crippen molar-refractivity contribution in [1.29, 1.82) is 0 Å².